The summed E-state index contributed by atoms with van der Waals surface area (Å²) in [6, 6.07) is 0. The number of rotatable bonds is 4. The highest BCUT2D eigenvalue weighted by molar-refractivity contribution is 5.79. The van der Waals surface area contributed by atoms with E-state index < -0.39 is 11.5 Å². The van der Waals surface area contributed by atoms with Gasteiger partial charge < -0.3 is 10.0 Å². The van der Waals surface area contributed by atoms with Crippen molar-refractivity contribution in [3.8, 4) is 0 Å². The summed E-state index contributed by atoms with van der Waals surface area (Å²) in [5.41, 5.74) is -0.611. The van der Waals surface area contributed by atoms with E-state index in [1.165, 1.54) is 0 Å². The van der Waals surface area contributed by atoms with Crippen LogP contribution in [0.15, 0.2) is 0 Å². The highest BCUT2D eigenvalue weighted by Crippen LogP contribution is 2.43. The smallest absolute Gasteiger partial charge is 0.324 e. The van der Waals surface area contributed by atoms with E-state index in [0.717, 1.165) is 45.6 Å². The van der Waals surface area contributed by atoms with Crippen molar-refractivity contribution in [2.75, 3.05) is 32.7 Å². The second-order valence-corrected chi connectivity index (χ2v) is 5.15. The van der Waals surface area contributed by atoms with Gasteiger partial charge in [0.15, 0.2) is 0 Å². The molecular formula is C12H22N2O2. The lowest BCUT2D eigenvalue weighted by Gasteiger charge is -2.43. The molecular weight excluding hydrogens is 204 g/mol. The summed E-state index contributed by atoms with van der Waals surface area (Å²) in [5.74, 6) is -0.266. The van der Waals surface area contributed by atoms with E-state index in [-0.39, 0.29) is 0 Å². The molecule has 0 bridgehead atoms. The number of hydrogen-bond donors (Lipinski definition) is 1. The first-order valence-corrected chi connectivity index (χ1v) is 6.29. The molecule has 1 saturated carbocycles. The molecule has 4 nitrogen and oxygen atoms in total. The molecule has 0 aromatic rings. The molecule has 1 N–H and O–H groups in total. The van der Waals surface area contributed by atoms with Gasteiger partial charge in [-0.05, 0) is 32.2 Å². The zero-order valence-electron chi connectivity index (χ0n) is 10.3. The van der Waals surface area contributed by atoms with Crippen LogP contribution in [0.5, 0.6) is 0 Å². The van der Waals surface area contributed by atoms with Gasteiger partial charge in [0.25, 0.3) is 0 Å². The molecule has 1 aliphatic carbocycles. The molecule has 0 spiro atoms. The Morgan fingerprint density at radius 2 is 1.88 bits per heavy atom. The molecule has 1 heterocycles. The lowest BCUT2D eigenvalue weighted by molar-refractivity contribution is -0.153. The lowest BCUT2D eigenvalue weighted by Crippen LogP contribution is -2.60. The van der Waals surface area contributed by atoms with Crippen molar-refractivity contribution in [2.24, 2.45) is 5.92 Å². The first-order valence-electron chi connectivity index (χ1n) is 6.29. The molecule has 0 aromatic heterocycles. The van der Waals surface area contributed by atoms with Crippen LogP contribution in [0, 0.1) is 5.92 Å². The van der Waals surface area contributed by atoms with Gasteiger partial charge in [0.2, 0.25) is 0 Å². The van der Waals surface area contributed by atoms with Crippen LogP contribution in [0.3, 0.4) is 0 Å². The predicted molar refractivity (Wildman–Crippen MR) is 62.5 cm³/mol. The third-order valence-electron chi connectivity index (χ3n) is 4.28. The third kappa shape index (κ3) is 1.96. The van der Waals surface area contributed by atoms with Crippen LogP contribution in [0.25, 0.3) is 0 Å². The Morgan fingerprint density at radius 1 is 1.31 bits per heavy atom. The number of nitrogens with zero attached hydrogens (tertiary/aromatic N) is 2. The predicted octanol–water partition coefficient (Wildman–Crippen LogP) is 0.877. The molecule has 2 fully saturated rings. The van der Waals surface area contributed by atoms with E-state index in [2.05, 4.69) is 16.7 Å². The van der Waals surface area contributed by atoms with Gasteiger partial charge in [0, 0.05) is 26.2 Å². The van der Waals surface area contributed by atoms with Gasteiger partial charge >= 0.3 is 5.97 Å². The minimum absolute atomic E-state index is 0.373. The van der Waals surface area contributed by atoms with Crippen molar-refractivity contribution in [2.45, 2.75) is 32.2 Å². The third-order valence-corrected chi connectivity index (χ3v) is 4.28. The summed E-state index contributed by atoms with van der Waals surface area (Å²) in [4.78, 5) is 16.1. The molecule has 1 aliphatic heterocycles. The van der Waals surface area contributed by atoms with Crippen LogP contribution in [-0.4, -0.2) is 59.1 Å². The van der Waals surface area contributed by atoms with Crippen LogP contribution in [0.1, 0.15) is 26.7 Å². The van der Waals surface area contributed by atoms with Crippen LogP contribution >= 0.6 is 0 Å². The monoisotopic (exact) mass is 226 g/mol. The molecule has 1 unspecified atom stereocenters. The fraction of sp³-hybridized carbons (Fsp3) is 0.917. The molecule has 2 rings (SSSR count). The zero-order chi connectivity index (χ0) is 11.8. The number of piperazine rings is 1. The lowest BCUT2D eigenvalue weighted by atomic mass is 9.92. The van der Waals surface area contributed by atoms with Crippen LogP contribution in [-0.2, 0) is 4.79 Å². The van der Waals surface area contributed by atoms with E-state index >= 15 is 0 Å². The minimum atomic E-state index is -0.639. The van der Waals surface area contributed by atoms with Gasteiger partial charge in [0.1, 0.15) is 5.54 Å². The Balaban J connectivity index is 2.02. The summed E-state index contributed by atoms with van der Waals surface area (Å²) >= 11 is 0. The average molecular weight is 226 g/mol. The van der Waals surface area contributed by atoms with E-state index in [0.29, 0.717) is 5.92 Å². The first kappa shape index (κ1) is 11.9. The highest BCUT2D eigenvalue weighted by Gasteiger charge is 2.51. The molecule has 0 radical (unpaired) electrons. The van der Waals surface area contributed by atoms with Crippen molar-refractivity contribution < 1.29 is 9.90 Å². The number of hydrogen-bond acceptors (Lipinski definition) is 3. The molecule has 16 heavy (non-hydrogen) atoms. The number of aliphatic carboxylic acids is 1. The molecule has 0 amide bonds. The number of carboxylic acids is 1. The molecule has 92 valence electrons. The van der Waals surface area contributed by atoms with Crippen molar-refractivity contribution >= 4 is 5.97 Å². The summed E-state index contributed by atoms with van der Waals surface area (Å²) in [5, 5.41) is 9.46. The maximum absolute atomic E-state index is 11.5. The van der Waals surface area contributed by atoms with E-state index in [9.17, 15) is 9.90 Å². The topological polar surface area (TPSA) is 43.8 Å². The number of carbonyl (C=O) groups is 1. The highest BCUT2D eigenvalue weighted by atomic mass is 16.4. The van der Waals surface area contributed by atoms with Crippen molar-refractivity contribution in [1.82, 2.24) is 9.80 Å². The number of likely N-dealkylation sites (N-methyl/N-ethyl adjacent to an activating group) is 1. The second-order valence-electron chi connectivity index (χ2n) is 5.15. The summed E-state index contributed by atoms with van der Waals surface area (Å²) in [6.07, 6.45) is 2.16. The van der Waals surface area contributed by atoms with Crippen LogP contribution in [0.4, 0.5) is 0 Å². The Labute approximate surface area is 97.2 Å². The Bertz CT molecular complexity index is 270. The van der Waals surface area contributed by atoms with E-state index in [4.69, 9.17) is 0 Å². The van der Waals surface area contributed by atoms with Gasteiger partial charge in [0.05, 0.1) is 0 Å². The Kier molecular flexibility index (Phi) is 3.22. The molecule has 0 aromatic carbocycles. The first-order chi connectivity index (χ1) is 7.59. The summed E-state index contributed by atoms with van der Waals surface area (Å²) in [7, 11) is 0. The molecule has 1 saturated heterocycles. The maximum Gasteiger partial charge on any atom is 0.324 e. The van der Waals surface area contributed by atoms with Crippen molar-refractivity contribution in [3.63, 3.8) is 0 Å². The summed E-state index contributed by atoms with van der Waals surface area (Å²) < 4.78 is 0. The second kappa shape index (κ2) is 4.34. The van der Waals surface area contributed by atoms with E-state index in [1.54, 1.807) is 0 Å². The molecule has 4 heteroatoms. The van der Waals surface area contributed by atoms with Gasteiger partial charge in [-0.3, -0.25) is 9.69 Å². The average Bonchev–Trinajstić information content (AvgIpc) is 3.12. The fourth-order valence-corrected chi connectivity index (χ4v) is 2.74. The zero-order valence-corrected chi connectivity index (χ0v) is 10.3. The van der Waals surface area contributed by atoms with Gasteiger partial charge in [-0.2, -0.15) is 0 Å². The van der Waals surface area contributed by atoms with E-state index in [1.807, 2.05) is 6.92 Å². The van der Waals surface area contributed by atoms with Gasteiger partial charge in [-0.1, -0.05) is 6.92 Å². The SMILES string of the molecule is CCN1CCN(C(C)(C(=O)O)C2CC2)CC1. The van der Waals surface area contributed by atoms with Gasteiger partial charge in [-0.25, -0.2) is 0 Å². The normalized spacial score (nSPS) is 27.6. The fourth-order valence-electron chi connectivity index (χ4n) is 2.74. The summed E-state index contributed by atoms with van der Waals surface area (Å²) in [6.45, 7) is 8.95. The minimum Gasteiger partial charge on any atom is -0.480 e. The Hall–Kier alpha value is -0.610. The molecule has 2 aliphatic rings. The maximum atomic E-state index is 11.5. The Morgan fingerprint density at radius 3 is 2.25 bits per heavy atom. The standard InChI is InChI=1S/C12H22N2O2/c1-3-13-6-8-14(9-7-13)12(2,11(15)16)10-4-5-10/h10H,3-9H2,1-2H3,(H,15,16). The van der Waals surface area contributed by atoms with Gasteiger partial charge in [-0.15, -0.1) is 0 Å². The quantitative estimate of drug-likeness (QED) is 0.773. The largest absolute Gasteiger partial charge is 0.480 e. The van der Waals surface area contributed by atoms with Crippen molar-refractivity contribution in [1.29, 1.82) is 0 Å². The van der Waals surface area contributed by atoms with Crippen LogP contribution < -0.4 is 0 Å². The number of carboxylic acid groups (broad SMARTS) is 1. The van der Waals surface area contributed by atoms with Crippen molar-refractivity contribution in [3.05, 3.63) is 0 Å². The molecule has 1 atom stereocenters. The van der Waals surface area contributed by atoms with Crippen LogP contribution in [0.2, 0.25) is 0 Å².